The van der Waals surface area contributed by atoms with Crippen LogP contribution in [0.5, 0.6) is 0 Å². The number of benzene rings is 2. The van der Waals surface area contributed by atoms with Gasteiger partial charge in [-0.05, 0) is 28.3 Å². The Morgan fingerprint density at radius 3 is 2.04 bits per heavy atom. The summed E-state index contributed by atoms with van der Waals surface area (Å²) in [5.74, 6) is -0.862. The van der Waals surface area contributed by atoms with Crippen molar-refractivity contribution in [3.63, 3.8) is 0 Å². The van der Waals surface area contributed by atoms with Gasteiger partial charge in [0.05, 0.1) is 6.61 Å². The van der Waals surface area contributed by atoms with Gasteiger partial charge in [-0.15, -0.1) is 0 Å². The zero-order valence-electron chi connectivity index (χ0n) is 13.9. The predicted octanol–water partition coefficient (Wildman–Crippen LogP) is 3.85. The average Bonchev–Trinajstić information content (AvgIpc) is 2.66. The van der Waals surface area contributed by atoms with E-state index >= 15 is 0 Å². The number of esters is 2. The molecule has 0 unspecified atom stereocenters. The Morgan fingerprint density at radius 2 is 1.40 bits per heavy atom. The third-order valence-corrected chi connectivity index (χ3v) is 3.54. The molecule has 25 heavy (non-hydrogen) atoms. The molecular formula is C21H20O4. The van der Waals surface area contributed by atoms with Crippen molar-refractivity contribution < 1.29 is 19.1 Å². The summed E-state index contributed by atoms with van der Waals surface area (Å²) in [6, 6.07) is 15.8. The fourth-order valence-electron chi connectivity index (χ4n) is 2.29. The van der Waals surface area contributed by atoms with Gasteiger partial charge < -0.3 is 9.47 Å². The SMILES string of the molecule is C=CC(=O)OCCc1cccc(-c2cccc(COC(=O)C=C)c2)c1. The van der Waals surface area contributed by atoms with Crippen LogP contribution in [0.15, 0.2) is 73.8 Å². The lowest BCUT2D eigenvalue weighted by atomic mass is 10.0. The quantitative estimate of drug-likeness (QED) is 0.543. The van der Waals surface area contributed by atoms with Gasteiger partial charge in [-0.25, -0.2) is 9.59 Å². The van der Waals surface area contributed by atoms with E-state index in [0.717, 1.165) is 34.4 Å². The normalized spacial score (nSPS) is 9.92. The molecule has 0 spiro atoms. The third kappa shape index (κ3) is 5.77. The van der Waals surface area contributed by atoms with Gasteiger partial charge in [0.15, 0.2) is 0 Å². The lowest BCUT2D eigenvalue weighted by Crippen LogP contribution is -2.04. The molecule has 0 bridgehead atoms. The summed E-state index contributed by atoms with van der Waals surface area (Å²) in [5.41, 5.74) is 4.04. The van der Waals surface area contributed by atoms with Crippen molar-refractivity contribution in [2.75, 3.05) is 6.61 Å². The first-order valence-electron chi connectivity index (χ1n) is 7.89. The van der Waals surface area contributed by atoms with Crippen LogP contribution >= 0.6 is 0 Å². The van der Waals surface area contributed by atoms with E-state index in [1.165, 1.54) is 0 Å². The smallest absolute Gasteiger partial charge is 0.330 e. The van der Waals surface area contributed by atoms with Crippen molar-refractivity contribution in [3.8, 4) is 11.1 Å². The van der Waals surface area contributed by atoms with Gasteiger partial charge in [0.2, 0.25) is 0 Å². The van der Waals surface area contributed by atoms with E-state index in [1.54, 1.807) is 0 Å². The van der Waals surface area contributed by atoms with E-state index in [1.807, 2.05) is 42.5 Å². The molecule has 0 radical (unpaired) electrons. The third-order valence-electron chi connectivity index (χ3n) is 3.54. The van der Waals surface area contributed by atoms with Gasteiger partial charge in [-0.2, -0.15) is 0 Å². The summed E-state index contributed by atoms with van der Waals surface area (Å²) in [6.07, 6.45) is 2.93. The van der Waals surface area contributed by atoms with Gasteiger partial charge >= 0.3 is 11.9 Å². The van der Waals surface area contributed by atoms with Gasteiger partial charge in [-0.1, -0.05) is 55.6 Å². The van der Waals surface area contributed by atoms with Crippen LogP contribution in [-0.4, -0.2) is 18.5 Å². The van der Waals surface area contributed by atoms with Crippen molar-refractivity contribution in [3.05, 3.63) is 85.0 Å². The van der Waals surface area contributed by atoms with Gasteiger partial charge in [0.1, 0.15) is 6.61 Å². The van der Waals surface area contributed by atoms with Crippen molar-refractivity contribution in [2.24, 2.45) is 0 Å². The van der Waals surface area contributed by atoms with Crippen molar-refractivity contribution in [2.45, 2.75) is 13.0 Å². The topological polar surface area (TPSA) is 52.6 Å². The average molecular weight is 336 g/mol. The second kappa shape index (κ2) is 9.23. The van der Waals surface area contributed by atoms with Crippen LogP contribution in [0.3, 0.4) is 0 Å². The zero-order valence-corrected chi connectivity index (χ0v) is 13.9. The molecule has 0 saturated heterocycles. The largest absolute Gasteiger partial charge is 0.462 e. The minimum absolute atomic E-state index is 0.204. The highest BCUT2D eigenvalue weighted by Gasteiger charge is 2.04. The highest BCUT2D eigenvalue weighted by molar-refractivity contribution is 5.81. The minimum atomic E-state index is -0.443. The fraction of sp³-hybridized carbons (Fsp3) is 0.143. The van der Waals surface area contributed by atoms with Crippen molar-refractivity contribution in [1.82, 2.24) is 0 Å². The molecule has 0 aromatic heterocycles. The molecule has 0 aliphatic heterocycles. The predicted molar refractivity (Wildman–Crippen MR) is 96.7 cm³/mol. The number of ether oxygens (including phenoxy) is 2. The number of hydrogen-bond donors (Lipinski definition) is 0. The van der Waals surface area contributed by atoms with Crippen LogP contribution in [0.2, 0.25) is 0 Å². The van der Waals surface area contributed by atoms with Crippen LogP contribution in [0, 0.1) is 0 Å². The molecule has 0 heterocycles. The van der Waals surface area contributed by atoms with Gasteiger partial charge in [0, 0.05) is 18.6 Å². The summed E-state index contributed by atoms with van der Waals surface area (Å²) >= 11 is 0. The highest BCUT2D eigenvalue weighted by atomic mass is 16.5. The van der Waals surface area contributed by atoms with Crippen LogP contribution in [0.25, 0.3) is 11.1 Å². The van der Waals surface area contributed by atoms with Crippen molar-refractivity contribution >= 4 is 11.9 Å². The van der Waals surface area contributed by atoms with E-state index in [2.05, 4.69) is 19.2 Å². The van der Waals surface area contributed by atoms with Gasteiger partial charge in [0.25, 0.3) is 0 Å². The first-order valence-corrected chi connectivity index (χ1v) is 7.89. The molecular weight excluding hydrogens is 316 g/mol. The number of hydrogen-bond acceptors (Lipinski definition) is 4. The first kappa shape index (κ1) is 18.2. The summed E-state index contributed by atoms with van der Waals surface area (Å²) in [4.78, 5) is 22.2. The minimum Gasteiger partial charge on any atom is -0.462 e. The molecule has 0 fully saturated rings. The molecule has 0 atom stereocenters. The maximum absolute atomic E-state index is 11.2. The standard InChI is InChI=1S/C21H20O4/c1-3-20(22)24-12-11-16-7-5-9-18(13-16)19-10-6-8-17(14-19)15-25-21(23)4-2/h3-10,13-14H,1-2,11-12,15H2. The molecule has 2 aromatic carbocycles. The lowest BCUT2D eigenvalue weighted by molar-refractivity contribution is -0.139. The highest BCUT2D eigenvalue weighted by Crippen LogP contribution is 2.22. The Balaban J connectivity index is 2.06. The maximum atomic E-state index is 11.2. The molecule has 128 valence electrons. The molecule has 0 aliphatic rings. The lowest BCUT2D eigenvalue weighted by Gasteiger charge is -2.08. The Labute approximate surface area is 147 Å². The Morgan fingerprint density at radius 1 is 0.840 bits per heavy atom. The second-order valence-electron chi connectivity index (χ2n) is 5.33. The monoisotopic (exact) mass is 336 g/mol. The molecule has 2 aromatic rings. The molecule has 0 N–H and O–H groups in total. The van der Waals surface area contributed by atoms with Crippen LogP contribution in [0.1, 0.15) is 11.1 Å². The van der Waals surface area contributed by atoms with Crippen molar-refractivity contribution in [1.29, 1.82) is 0 Å². The number of rotatable bonds is 8. The Bertz CT molecular complexity index is 777. The fourth-order valence-corrected chi connectivity index (χ4v) is 2.29. The summed E-state index contributed by atoms with van der Waals surface area (Å²) < 4.78 is 10.1. The molecule has 4 heteroatoms. The van der Waals surface area contributed by atoms with E-state index in [-0.39, 0.29) is 6.61 Å². The molecule has 2 rings (SSSR count). The van der Waals surface area contributed by atoms with Crippen LogP contribution < -0.4 is 0 Å². The molecule has 0 amide bonds. The molecule has 0 saturated carbocycles. The van der Waals surface area contributed by atoms with E-state index < -0.39 is 11.9 Å². The number of carbonyl (C=O) groups excluding carboxylic acids is 2. The number of carbonyl (C=O) groups is 2. The summed E-state index contributed by atoms with van der Waals surface area (Å²) in [6.45, 7) is 7.26. The van der Waals surface area contributed by atoms with E-state index in [4.69, 9.17) is 9.47 Å². The van der Waals surface area contributed by atoms with E-state index in [0.29, 0.717) is 13.0 Å². The first-order chi connectivity index (χ1) is 12.1. The zero-order chi connectivity index (χ0) is 18.1. The Kier molecular flexibility index (Phi) is 6.72. The van der Waals surface area contributed by atoms with Crippen LogP contribution in [0.4, 0.5) is 0 Å². The second-order valence-corrected chi connectivity index (χ2v) is 5.33. The maximum Gasteiger partial charge on any atom is 0.330 e. The van der Waals surface area contributed by atoms with Gasteiger partial charge in [-0.3, -0.25) is 0 Å². The molecule has 4 nitrogen and oxygen atoms in total. The Hall–Kier alpha value is -3.14. The summed E-state index contributed by atoms with van der Waals surface area (Å²) in [5, 5.41) is 0. The van der Waals surface area contributed by atoms with E-state index in [9.17, 15) is 9.59 Å². The van der Waals surface area contributed by atoms with Crippen LogP contribution in [-0.2, 0) is 32.1 Å². The summed E-state index contributed by atoms with van der Waals surface area (Å²) in [7, 11) is 0. The molecule has 0 aliphatic carbocycles.